The highest BCUT2D eigenvalue weighted by Gasteiger charge is 2.25. The van der Waals surface area contributed by atoms with E-state index in [0.717, 1.165) is 32.2 Å². The predicted octanol–water partition coefficient (Wildman–Crippen LogP) is 1.44. The number of sulfonamides is 1. The van der Waals surface area contributed by atoms with Gasteiger partial charge in [0.2, 0.25) is 10.0 Å². The van der Waals surface area contributed by atoms with E-state index in [-0.39, 0.29) is 11.8 Å². The van der Waals surface area contributed by atoms with Crippen LogP contribution in [0.15, 0.2) is 0 Å². The first-order valence-corrected chi connectivity index (χ1v) is 8.20. The van der Waals surface area contributed by atoms with E-state index in [1.807, 2.05) is 0 Å². The van der Waals surface area contributed by atoms with Crippen molar-refractivity contribution in [3.63, 3.8) is 0 Å². The molecule has 0 radical (unpaired) electrons. The molecule has 102 valence electrons. The molecule has 1 rings (SSSR count). The average molecular weight is 262 g/mol. The van der Waals surface area contributed by atoms with E-state index in [2.05, 4.69) is 19.2 Å². The summed E-state index contributed by atoms with van der Waals surface area (Å²) in [5.74, 6) is 0.896. The van der Waals surface area contributed by atoms with Crippen LogP contribution in [0.3, 0.4) is 0 Å². The molecule has 1 fully saturated rings. The summed E-state index contributed by atoms with van der Waals surface area (Å²) in [4.78, 5) is 0. The minimum absolute atomic E-state index is 0.160. The lowest BCUT2D eigenvalue weighted by Crippen LogP contribution is -2.38. The van der Waals surface area contributed by atoms with Crippen molar-refractivity contribution in [1.29, 1.82) is 0 Å². The molecule has 1 atom stereocenters. The summed E-state index contributed by atoms with van der Waals surface area (Å²) in [6.07, 6.45) is 4.11. The van der Waals surface area contributed by atoms with Crippen LogP contribution in [0.4, 0.5) is 0 Å². The molecule has 1 unspecified atom stereocenters. The molecule has 1 saturated heterocycles. The molecule has 17 heavy (non-hydrogen) atoms. The molecule has 0 amide bonds. The Balaban J connectivity index is 2.34. The van der Waals surface area contributed by atoms with Crippen molar-refractivity contribution in [2.75, 3.05) is 25.9 Å². The van der Waals surface area contributed by atoms with Crippen LogP contribution in [0, 0.1) is 5.92 Å². The van der Waals surface area contributed by atoms with Crippen LogP contribution in [0.25, 0.3) is 0 Å². The Labute approximate surface area is 106 Å². The van der Waals surface area contributed by atoms with Gasteiger partial charge >= 0.3 is 0 Å². The van der Waals surface area contributed by atoms with Crippen molar-refractivity contribution in [2.24, 2.45) is 5.92 Å². The van der Waals surface area contributed by atoms with E-state index in [1.165, 1.54) is 4.31 Å². The van der Waals surface area contributed by atoms with E-state index in [9.17, 15) is 8.42 Å². The van der Waals surface area contributed by atoms with Crippen LogP contribution < -0.4 is 5.32 Å². The Morgan fingerprint density at radius 2 is 2.12 bits per heavy atom. The molecule has 5 heteroatoms. The summed E-state index contributed by atoms with van der Waals surface area (Å²) < 4.78 is 25.6. The fourth-order valence-electron chi connectivity index (χ4n) is 2.14. The normalized spacial score (nSPS) is 21.6. The number of hydrogen-bond acceptors (Lipinski definition) is 3. The fourth-order valence-corrected chi connectivity index (χ4v) is 3.60. The van der Waals surface area contributed by atoms with Crippen LogP contribution in [0.1, 0.15) is 39.5 Å². The Hall–Kier alpha value is -0.130. The first kappa shape index (κ1) is 14.9. The molecule has 0 spiro atoms. The molecule has 1 aliphatic rings. The summed E-state index contributed by atoms with van der Waals surface area (Å²) in [6, 6.07) is 0.160. The lowest BCUT2D eigenvalue weighted by molar-refractivity contribution is 0.430. The van der Waals surface area contributed by atoms with Gasteiger partial charge in [-0.1, -0.05) is 13.8 Å². The molecule has 0 bridgehead atoms. The number of nitrogens with zero attached hydrogens (tertiary/aromatic N) is 1. The second-order valence-electron chi connectivity index (χ2n) is 5.43. The summed E-state index contributed by atoms with van der Waals surface area (Å²) in [7, 11) is -1.37. The van der Waals surface area contributed by atoms with E-state index in [0.29, 0.717) is 12.5 Å². The van der Waals surface area contributed by atoms with Gasteiger partial charge in [-0.05, 0) is 38.1 Å². The molecule has 1 heterocycles. The van der Waals surface area contributed by atoms with Crippen molar-refractivity contribution in [2.45, 2.75) is 45.6 Å². The largest absolute Gasteiger partial charge is 0.313 e. The zero-order valence-corrected chi connectivity index (χ0v) is 12.1. The Kier molecular flexibility index (Phi) is 5.89. The fraction of sp³-hybridized carbons (Fsp3) is 1.00. The molecule has 0 aromatic carbocycles. The van der Waals surface area contributed by atoms with E-state index in [1.54, 1.807) is 7.05 Å². The smallest absolute Gasteiger partial charge is 0.215 e. The lowest BCUT2D eigenvalue weighted by atomic mass is 10.1. The van der Waals surface area contributed by atoms with E-state index >= 15 is 0 Å². The summed E-state index contributed by atoms with van der Waals surface area (Å²) in [5, 5.41) is 3.24. The van der Waals surface area contributed by atoms with Gasteiger partial charge < -0.3 is 5.32 Å². The molecular weight excluding hydrogens is 236 g/mol. The zero-order chi connectivity index (χ0) is 12.9. The van der Waals surface area contributed by atoms with Crippen LogP contribution in [-0.4, -0.2) is 44.7 Å². The van der Waals surface area contributed by atoms with Crippen LogP contribution in [0.2, 0.25) is 0 Å². The van der Waals surface area contributed by atoms with Gasteiger partial charge in [0.1, 0.15) is 0 Å². The molecule has 0 aliphatic carbocycles. The maximum atomic E-state index is 12.0. The minimum atomic E-state index is -3.07. The SMILES string of the molecule is CC(C)CCCN(C)S(=O)(=O)CC1CCCN1. The third-order valence-electron chi connectivity index (χ3n) is 3.30. The Morgan fingerprint density at radius 3 is 2.65 bits per heavy atom. The third kappa shape index (κ3) is 5.36. The van der Waals surface area contributed by atoms with Gasteiger partial charge in [0, 0.05) is 19.6 Å². The van der Waals surface area contributed by atoms with Gasteiger partial charge in [-0.15, -0.1) is 0 Å². The van der Waals surface area contributed by atoms with Gasteiger partial charge in [0.15, 0.2) is 0 Å². The van der Waals surface area contributed by atoms with Crippen molar-refractivity contribution >= 4 is 10.0 Å². The summed E-state index contributed by atoms with van der Waals surface area (Å²) >= 11 is 0. The number of nitrogens with one attached hydrogen (secondary N) is 1. The van der Waals surface area contributed by atoms with Crippen molar-refractivity contribution in [3.8, 4) is 0 Å². The molecule has 0 aromatic rings. The Bertz CT molecular complexity index is 308. The highest BCUT2D eigenvalue weighted by atomic mass is 32.2. The van der Waals surface area contributed by atoms with Crippen molar-refractivity contribution < 1.29 is 8.42 Å². The predicted molar refractivity (Wildman–Crippen MR) is 71.5 cm³/mol. The molecule has 0 aromatic heterocycles. The quantitative estimate of drug-likeness (QED) is 0.755. The average Bonchev–Trinajstić information content (AvgIpc) is 2.68. The Morgan fingerprint density at radius 1 is 1.41 bits per heavy atom. The van der Waals surface area contributed by atoms with Crippen molar-refractivity contribution in [3.05, 3.63) is 0 Å². The topological polar surface area (TPSA) is 49.4 Å². The number of rotatable bonds is 7. The molecule has 0 saturated carbocycles. The van der Waals surface area contributed by atoms with E-state index in [4.69, 9.17) is 0 Å². The maximum absolute atomic E-state index is 12.0. The third-order valence-corrected chi connectivity index (χ3v) is 5.26. The van der Waals surface area contributed by atoms with Crippen LogP contribution >= 0.6 is 0 Å². The second-order valence-corrected chi connectivity index (χ2v) is 7.55. The molecule has 1 aliphatic heterocycles. The molecule has 1 N–H and O–H groups in total. The summed E-state index contributed by atoms with van der Waals surface area (Å²) in [6.45, 7) is 5.93. The number of hydrogen-bond donors (Lipinski definition) is 1. The highest BCUT2D eigenvalue weighted by molar-refractivity contribution is 7.89. The van der Waals surface area contributed by atoms with E-state index < -0.39 is 10.0 Å². The maximum Gasteiger partial charge on any atom is 0.215 e. The summed E-state index contributed by atoms with van der Waals surface area (Å²) in [5.41, 5.74) is 0. The second kappa shape index (κ2) is 6.71. The van der Waals surface area contributed by atoms with Crippen molar-refractivity contribution in [1.82, 2.24) is 9.62 Å². The first-order chi connectivity index (χ1) is 7.92. The highest BCUT2D eigenvalue weighted by Crippen LogP contribution is 2.11. The lowest BCUT2D eigenvalue weighted by Gasteiger charge is -2.20. The monoisotopic (exact) mass is 262 g/mol. The molecular formula is C12H26N2O2S. The van der Waals surface area contributed by atoms with Gasteiger partial charge in [-0.25, -0.2) is 12.7 Å². The van der Waals surface area contributed by atoms with Gasteiger partial charge in [-0.3, -0.25) is 0 Å². The van der Waals surface area contributed by atoms with Gasteiger partial charge in [-0.2, -0.15) is 0 Å². The zero-order valence-electron chi connectivity index (χ0n) is 11.3. The van der Waals surface area contributed by atoms with Crippen LogP contribution in [-0.2, 0) is 10.0 Å². The van der Waals surface area contributed by atoms with Crippen LogP contribution in [0.5, 0.6) is 0 Å². The van der Waals surface area contributed by atoms with Gasteiger partial charge in [0.25, 0.3) is 0 Å². The van der Waals surface area contributed by atoms with Gasteiger partial charge in [0.05, 0.1) is 5.75 Å². The minimum Gasteiger partial charge on any atom is -0.313 e. The standard InChI is InChI=1S/C12H26N2O2S/c1-11(2)6-5-9-14(3)17(15,16)10-12-7-4-8-13-12/h11-13H,4-10H2,1-3H3. The first-order valence-electron chi connectivity index (χ1n) is 6.59. The molecule has 4 nitrogen and oxygen atoms in total.